The van der Waals surface area contributed by atoms with E-state index < -0.39 is 11.9 Å². The summed E-state index contributed by atoms with van der Waals surface area (Å²) in [6.07, 6.45) is 0.902. The Morgan fingerprint density at radius 3 is 1.92 bits per heavy atom. The number of esters is 1. The van der Waals surface area contributed by atoms with Gasteiger partial charge in [0.1, 0.15) is 0 Å². The summed E-state index contributed by atoms with van der Waals surface area (Å²) in [6, 6.07) is 11.2. The van der Waals surface area contributed by atoms with E-state index in [4.69, 9.17) is 23.7 Å². The molecule has 0 saturated heterocycles. The van der Waals surface area contributed by atoms with Gasteiger partial charge in [0.25, 0.3) is 0 Å². The number of benzene rings is 2. The minimum absolute atomic E-state index is 0.0303. The van der Waals surface area contributed by atoms with Gasteiger partial charge in [0.2, 0.25) is 0 Å². The maximum Gasteiger partial charge on any atom is 0.336 e. The molecule has 2 atom stereocenters. The fourth-order valence-electron chi connectivity index (χ4n) is 5.13. The molecule has 8 heteroatoms. The van der Waals surface area contributed by atoms with Crippen LogP contribution in [0.4, 0.5) is 0 Å². The lowest BCUT2D eigenvalue weighted by Gasteiger charge is -2.36. The molecule has 8 nitrogen and oxygen atoms in total. The number of dihydropyridines is 1. The van der Waals surface area contributed by atoms with Crippen LogP contribution < -0.4 is 24.3 Å². The summed E-state index contributed by atoms with van der Waals surface area (Å²) in [5, 5.41) is 3.34. The Kier molecular flexibility index (Phi) is 7.24. The third-order valence-corrected chi connectivity index (χ3v) is 6.85. The highest BCUT2D eigenvalue weighted by atomic mass is 16.5. The number of carbonyl (C=O) groups is 2. The number of ketones is 1. The summed E-state index contributed by atoms with van der Waals surface area (Å²) in [5.74, 6) is 1.17. The molecule has 0 saturated carbocycles. The molecule has 1 heterocycles. The Labute approximate surface area is 210 Å². The zero-order chi connectivity index (χ0) is 26.0. The van der Waals surface area contributed by atoms with E-state index in [2.05, 4.69) is 5.32 Å². The maximum atomic E-state index is 13.7. The fraction of sp³-hybridized carbons (Fsp3) is 0.357. The van der Waals surface area contributed by atoms with Crippen LogP contribution in [-0.2, 0) is 14.3 Å². The average molecular weight is 494 g/mol. The molecule has 4 rings (SSSR count). The second kappa shape index (κ2) is 10.4. The van der Waals surface area contributed by atoms with Crippen molar-refractivity contribution in [1.82, 2.24) is 5.32 Å². The molecular weight excluding hydrogens is 462 g/mol. The van der Waals surface area contributed by atoms with Gasteiger partial charge in [-0.05, 0) is 54.7 Å². The number of hydrogen-bond acceptors (Lipinski definition) is 8. The van der Waals surface area contributed by atoms with E-state index in [1.165, 1.54) is 7.11 Å². The molecule has 0 fully saturated rings. The highest BCUT2D eigenvalue weighted by Gasteiger charge is 2.41. The van der Waals surface area contributed by atoms with E-state index in [0.29, 0.717) is 52.7 Å². The van der Waals surface area contributed by atoms with Crippen molar-refractivity contribution in [3.05, 3.63) is 70.1 Å². The molecule has 1 N–H and O–H groups in total. The number of carbonyl (C=O) groups excluding carboxylic acids is 2. The summed E-state index contributed by atoms with van der Waals surface area (Å²) in [6.45, 7) is 1.83. The van der Waals surface area contributed by atoms with E-state index in [-0.39, 0.29) is 11.7 Å². The molecule has 0 radical (unpaired) electrons. The first-order chi connectivity index (χ1) is 17.4. The number of Topliss-reactive ketones (excluding diaryl/α,β-unsaturated/α-hetero) is 1. The van der Waals surface area contributed by atoms with E-state index in [9.17, 15) is 9.59 Å². The van der Waals surface area contributed by atoms with Gasteiger partial charge in [-0.25, -0.2) is 4.79 Å². The molecule has 2 aromatic rings. The second-order valence-corrected chi connectivity index (χ2v) is 8.74. The van der Waals surface area contributed by atoms with Crippen molar-refractivity contribution in [3.63, 3.8) is 0 Å². The van der Waals surface area contributed by atoms with Crippen LogP contribution in [-0.4, -0.2) is 47.3 Å². The molecule has 0 spiro atoms. The lowest BCUT2D eigenvalue weighted by atomic mass is 9.71. The normalized spacial score (nSPS) is 19.3. The quantitative estimate of drug-likeness (QED) is 0.572. The monoisotopic (exact) mass is 493 g/mol. The third kappa shape index (κ3) is 4.39. The lowest BCUT2D eigenvalue weighted by molar-refractivity contribution is -0.136. The third-order valence-electron chi connectivity index (χ3n) is 6.85. The molecule has 1 aliphatic heterocycles. The zero-order valence-electron chi connectivity index (χ0n) is 21.4. The van der Waals surface area contributed by atoms with Crippen molar-refractivity contribution in [2.75, 3.05) is 35.5 Å². The van der Waals surface area contributed by atoms with Crippen LogP contribution in [0.25, 0.3) is 0 Å². The van der Waals surface area contributed by atoms with Gasteiger partial charge < -0.3 is 29.0 Å². The van der Waals surface area contributed by atoms with E-state index >= 15 is 0 Å². The Bertz CT molecular complexity index is 1260. The fourth-order valence-corrected chi connectivity index (χ4v) is 5.13. The first-order valence-corrected chi connectivity index (χ1v) is 11.6. The molecule has 0 aromatic heterocycles. The van der Waals surface area contributed by atoms with Crippen molar-refractivity contribution in [3.8, 4) is 23.0 Å². The van der Waals surface area contributed by atoms with Gasteiger partial charge in [-0.15, -0.1) is 0 Å². The number of hydrogen-bond donors (Lipinski definition) is 1. The van der Waals surface area contributed by atoms with Crippen molar-refractivity contribution in [2.45, 2.75) is 31.6 Å². The van der Waals surface area contributed by atoms with Crippen molar-refractivity contribution in [2.24, 2.45) is 0 Å². The summed E-state index contributed by atoms with van der Waals surface area (Å²) in [4.78, 5) is 26.6. The smallest absolute Gasteiger partial charge is 0.336 e. The first kappa shape index (κ1) is 25.2. The molecule has 2 aromatic carbocycles. The minimum atomic E-state index is -0.590. The number of ether oxygens (including phenoxy) is 5. The SMILES string of the molecule is COC(=O)C1=C(C)NC2=C(C(=O)C[C@H](c3ccc(OC)c(OC)c3)C2)[C@H]1c1ccc(OC)c(OC)c1. The predicted molar refractivity (Wildman–Crippen MR) is 134 cm³/mol. The lowest BCUT2D eigenvalue weighted by Crippen LogP contribution is -2.36. The molecule has 1 aliphatic carbocycles. The molecule has 0 amide bonds. The standard InChI is InChI=1S/C28H31NO7/c1-15-25(28(31)36-6)26(17-8-10-22(33-3)24(14-17)35-5)27-19(29-15)11-18(12-20(27)30)16-7-9-21(32-2)23(13-16)34-4/h7-10,13-14,18,26,29H,11-12H2,1-6H3/t18-,26+/m1/s1. The average Bonchev–Trinajstić information content (AvgIpc) is 2.90. The number of rotatable bonds is 7. The van der Waals surface area contributed by atoms with E-state index in [1.807, 2.05) is 37.3 Å². The largest absolute Gasteiger partial charge is 0.493 e. The highest BCUT2D eigenvalue weighted by Crippen LogP contribution is 2.47. The second-order valence-electron chi connectivity index (χ2n) is 8.74. The summed E-state index contributed by atoms with van der Waals surface area (Å²) < 4.78 is 26.8. The minimum Gasteiger partial charge on any atom is -0.493 e. The highest BCUT2D eigenvalue weighted by molar-refractivity contribution is 6.04. The summed E-state index contributed by atoms with van der Waals surface area (Å²) in [7, 11) is 7.64. The van der Waals surface area contributed by atoms with E-state index in [0.717, 1.165) is 16.8 Å². The molecule has 36 heavy (non-hydrogen) atoms. The number of nitrogens with one attached hydrogen (secondary N) is 1. The van der Waals surface area contributed by atoms with Crippen LogP contribution in [0.3, 0.4) is 0 Å². The van der Waals surface area contributed by atoms with E-state index in [1.54, 1.807) is 34.5 Å². The number of methoxy groups -OCH3 is 5. The van der Waals surface area contributed by atoms with Crippen molar-refractivity contribution >= 4 is 11.8 Å². The molecule has 0 unspecified atom stereocenters. The van der Waals surface area contributed by atoms with Gasteiger partial charge in [0.15, 0.2) is 28.8 Å². The molecule has 0 bridgehead atoms. The first-order valence-electron chi connectivity index (χ1n) is 11.6. The summed E-state index contributed by atoms with van der Waals surface area (Å²) in [5.41, 5.74) is 4.17. The van der Waals surface area contributed by atoms with Crippen LogP contribution in [0.5, 0.6) is 23.0 Å². The van der Waals surface area contributed by atoms with Gasteiger partial charge in [0, 0.05) is 29.3 Å². The van der Waals surface area contributed by atoms with Crippen LogP contribution in [0.2, 0.25) is 0 Å². The Balaban J connectivity index is 1.80. The Hall–Kier alpha value is -3.94. The van der Waals surface area contributed by atoms with Crippen LogP contribution in [0, 0.1) is 0 Å². The van der Waals surface area contributed by atoms with Gasteiger partial charge in [-0.1, -0.05) is 12.1 Å². The maximum absolute atomic E-state index is 13.7. The molecule has 190 valence electrons. The van der Waals surface area contributed by atoms with Crippen molar-refractivity contribution < 1.29 is 33.3 Å². The van der Waals surface area contributed by atoms with Crippen LogP contribution in [0.15, 0.2) is 58.9 Å². The van der Waals surface area contributed by atoms with Crippen LogP contribution in [0.1, 0.15) is 42.7 Å². The Morgan fingerprint density at radius 2 is 1.36 bits per heavy atom. The van der Waals surface area contributed by atoms with Gasteiger partial charge in [0.05, 0.1) is 41.1 Å². The Morgan fingerprint density at radius 1 is 0.806 bits per heavy atom. The van der Waals surface area contributed by atoms with Gasteiger partial charge in [-0.2, -0.15) is 0 Å². The van der Waals surface area contributed by atoms with Gasteiger partial charge in [-0.3, -0.25) is 4.79 Å². The molecular formula is C28H31NO7. The summed E-state index contributed by atoms with van der Waals surface area (Å²) >= 11 is 0. The zero-order valence-corrected chi connectivity index (χ0v) is 21.4. The topological polar surface area (TPSA) is 92.3 Å². The van der Waals surface area contributed by atoms with Gasteiger partial charge >= 0.3 is 5.97 Å². The predicted octanol–water partition coefficient (Wildman–Crippen LogP) is 4.26. The van der Waals surface area contributed by atoms with Crippen molar-refractivity contribution in [1.29, 1.82) is 0 Å². The number of allylic oxidation sites excluding steroid dienone is 3. The van der Waals surface area contributed by atoms with Crippen LogP contribution >= 0.6 is 0 Å². The molecule has 2 aliphatic rings.